The van der Waals surface area contributed by atoms with Gasteiger partial charge in [-0.25, -0.2) is 0 Å². The van der Waals surface area contributed by atoms with Crippen LogP contribution in [0.15, 0.2) is 48.5 Å². The van der Waals surface area contributed by atoms with E-state index in [1.165, 1.54) is 16.8 Å². The van der Waals surface area contributed by atoms with Crippen molar-refractivity contribution in [3.63, 3.8) is 0 Å². The molecule has 0 spiro atoms. The fourth-order valence-corrected chi connectivity index (χ4v) is 6.64. The predicted octanol–water partition coefficient (Wildman–Crippen LogP) is 4.97. The highest BCUT2D eigenvalue weighted by Gasteiger charge is 2.36. The van der Waals surface area contributed by atoms with Crippen LogP contribution in [0.2, 0.25) is 0 Å². The summed E-state index contributed by atoms with van der Waals surface area (Å²) in [6.45, 7) is 5.22. The van der Waals surface area contributed by atoms with Gasteiger partial charge in [0, 0.05) is 78.6 Å². The van der Waals surface area contributed by atoms with Gasteiger partial charge in [0.25, 0.3) is 5.91 Å². The van der Waals surface area contributed by atoms with Crippen LogP contribution in [0.5, 0.6) is 5.75 Å². The number of hydrogen-bond donors (Lipinski definition) is 2. The Morgan fingerprint density at radius 1 is 1.05 bits per heavy atom. The molecule has 1 atom stereocenters. The number of anilines is 2. The molecule has 0 radical (unpaired) electrons. The lowest BCUT2D eigenvalue weighted by atomic mass is 9.95. The lowest BCUT2D eigenvalue weighted by molar-refractivity contribution is -0.0836. The number of rotatable bonds is 4. The van der Waals surface area contributed by atoms with Gasteiger partial charge in [-0.2, -0.15) is 0 Å². The Morgan fingerprint density at radius 3 is 2.68 bits per heavy atom. The maximum absolute atomic E-state index is 14.0. The highest BCUT2D eigenvalue weighted by atomic mass is 79.9. The Balaban J connectivity index is 1.30. The monoisotopic (exact) mass is 559 g/mol. The second kappa shape index (κ2) is 9.04. The van der Waals surface area contributed by atoms with E-state index in [1.807, 2.05) is 16.0 Å². The number of hydroxylamine groups is 2. The number of fused-ring (bicyclic) bond motifs is 6. The lowest BCUT2D eigenvalue weighted by Gasteiger charge is -2.32. The van der Waals surface area contributed by atoms with Crippen LogP contribution in [0.4, 0.5) is 11.4 Å². The van der Waals surface area contributed by atoms with E-state index in [9.17, 15) is 4.79 Å². The van der Waals surface area contributed by atoms with Gasteiger partial charge in [-0.15, -0.1) is 5.06 Å². The van der Waals surface area contributed by atoms with Crippen molar-refractivity contribution in [3.8, 4) is 5.75 Å². The molecule has 3 aliphatic heterocycles. The number of alkyl halides is 1. The van der Waals surface area contributed by atoms with Gasteiger partial charge >= 0.3 is 0 Å². The lowest BCUT2D eigenvalue weighted by Crippen LogP contribution is -2.45. The SMILES string of the molecule is CN1CCN(Oc2cc3c(c4ccccc24)[C@H](CBr)CN3C(=O)c2cc3c4c(ccc3[nH]2)NCC4)CC1. The van der Waals surface area contributed by atoms with Crippen LogP contribution in [0.1, 0.15) is 27.5 Å². The Morgan fingerprint density at radius 2 is 1.86 bits per heavy atom. The van der Waals surface area contributed by atoms with Gasteiger partial charge in [0.1, 0.15) is 5.69 Å². The number of amides is 1. The Kier molecular flexibility index (Phi) is 5.64. The quantitative estimate of drug-likeness (QED) is 0.346. The molecule has 7 nitrogen and oxygen atoms in total. The van der Waals surface area contributed by atoms with E-state index in [2.05, 4.69) is 80.6 Å². The maximum Gasteiger partial charge on any atom is 0.274 e. The molecule has 0 aliphatic carbocycles. The largest absolute Gasteiger partial charge is 0.405 e. The van der Waals surface area contributed by atoms with E-state index >= 15 is 0 Å². The highest BCUT2D eigenvalue weighted by molar-refractivity contribution is 9.09. The smallest absolute Gasteiger partial charge is 0.274 e. The summed E-state index contributed by atoms with van der Waals surface area (Å²) in [7, 11) is 2.14. The van der Waals surface area contributed by atoms with E-state index in [-0.39, 0.29) is 11.8 Å². The molecule has 3 aliphatic rings. The van der Waals surface area contributed by atoms with Crippen molar-refractivity contribution < 1.29 is 9.63 Å². The Hall–Kier alpha value is -3.07. The number of aromatic nitrogens is 1. The fraction of sp³-hybridized carbons (Fsp3) is 0.345. The summed E-state index contributed by atoms with van der Waals surface area (Å²) in [5, 5.41) is 9.66. The first kappa shape index (κ1) is 23.1. The molecule has 1 aromatic heterocycles. The fourth-order valence-electron chi connectivity index (χ4n) is 6.11. The molecule has 3 aromatic carbocycles. The molecule has 1 amide bonds. The van der Waals surface area contributed by atoms with E-state index < -0.39 is 0 Å². The van der Waals surface area contributed by atoms with Crippen LogP contribution in [0.25, 0.3) is 21.7 Å². The van der Waals surface area contributed by atoms with Crippen LogP contribution < -0.4 is 15.1 Å². The van der Waals surface area contributed by atoms with Crippen molar-refractivity contribution in [2.45, 2.75) is 12.3 Å². The van der Waals surface area contributed by atoms with E-state index in [1.54, 1.807) is 0 Å². The molecule has 2 N–H and O–H groups in total. The average Bonchev–Trinajstić information content (AvgIpc) is 3.65. The molecule has 190 valence electrons. The number of H-pyrrole nitrogens is 1. The van der Waals surface area contributed by atoms with Crippen molar-refractivity contribution in [3.05, 3.63) is 65.4 Å². The minimum absolute atomic E-state index is 0.00133. The normalized spacial score (nSPS) is 19.8. The first-order valence-corrected chi connectivity index (χ1v) is 14.2. The van der Waals surface area contributed by atoms with Crippen molar-refractivity contribution in [2.75, 3.05) is 61.9 Å². The van der Waals surface area contributed by atoms with Gasteiger partial charge in [-0.05, 0) is 48.2 Å². The number of benzene rings is 3. The van der Waals surface area contributed by atoms with Crippen molar-refractivity contribution >= 4 is 54.9 Å². The number of likely N-dealkylation sites (N-methyl/N-ethyl adjacent to an activating group) is 1. The Bertz CT molecular complexity index is 1520. The summed E-state index contributed by atoms with van der Waals surface area (Å²) < 4.78 is 0. The molecular formula is C29H30BrN5O2. The summed E-state index contributed by atoms with van der Waals surface area (Å²) in [5.41, 5.74) is 6.27. The molecule has 0 bridgehead atoms. The molecule has 4 heterocycles. The van der Waals surface area contributed by atoms with Crippen LogP contribution >= 0.6 is 15.9 Å². The molecule has 1 fully saturated rings. The molecule has 0 saturated carbocycles. The number of carbonyl (C=O) groups excluding carboxylic acids is 1. The third kappa shape index (κ3) is 3.81. The summed E-state index contributed by atoms with van der Waals surface area (Å²) >= 11 is 3.73. The van der Waals surface area contributed by atoms with E-state index in [4.69, 9.17) is 4.84 Å². The zero-order chi connectivity index (χ0) is 25.1. The number of aromatic amines is 1. The zero-order valence-electron chi connectivity index (χ0n) is 20.9. The number of nitrogens with zero attached hydrogens (tertiary/aromatic N) is 3. The van der Waals surface area contributed by atoms with E-state index in [0.29, 0.717) is 12.2 Å². The summed E-state index contributed by atoms with van der Waals surface area (Å²) in [6, 6.07) is 16.7. The molecule has 8 heteroatoms. The van der Waals surface area contributed by atoms with Gasteiger partial charge in [0.15, 0.2) is 5.75 Å². The molecule has 37 heavy (non-hydrogen) atoms. The topological polar surface area (TPSA) is 63.8 Å². The van der Waals surface area contributed by atoms with Crippen LogP contribution in [-0.4, -0.2) is 72.5 Å². The number of carbonyl (C=O) groups is 1. The van der Waals surface area contributed by atoms with Gasteiger partial charge in [0.05, 0.1) is 5.69 Å². The van der Waals surface area contributed by atoms with Crippen LogP contribution in [0.3, 0.4) is 0 Å². The predicted molar refractivity (Wildman–Crippen MR) is 152 cm³/mol. The third-order valence-corrected chi connectivity index (χ3v) is 8.87. The molecule has 1 saturated heterocycles. The highest BCUT2D eigenvalue weighted by Crippen LogP contribution is 2.46. The molecular weight excluding hydrogens is 530 g/mol. The van der Waals surface area contributed by atoms with E-state index in [0.717, 1.165) is 77.6 Å². The summed E-state index contributed by atoms with van der Waals surface area (Å²) in [4.78, 5) is 28.2. The number of piperazine rings is 1. The first-order valence-electron chi connectivity index (χ1n) is 13.0. The Labute approximate surface area is 224 Å². The molecule has 7 rings (SSSR count). The second-order valence-corrected chi connectivity index (χ2v) is 11.0. The van der Waals surface area contributed by atoms with Crippen molar-refractivity contribution in [1.29, 1.82) is 0 Å². The van der Waals surface area contributed by atoms with Crippen molar-refractivity contribution in [1.82, 2.24) is 14.9 Å². The molecule has 4 aromatic rings. The maximum atomic E-state index is 14.0. The van der Waals surface area contributed by atoms with Crippen LogP contribution in [-0.2, 0) is 6.42 Å². The van der Waals surface area contributed by atoms with Gasteiger partial charge in [-0.3, -0.25) is 4.79 Å². The number of nitrogens with one attached hydrogen (secondary N) is 2. The summed E-state index contributed by atoms with van der Waals surface area (Å²) in [5.74, 6) is 1.02. The standard InChI is InChI=1S/C29H30BrN5O2/c1-33-10-12-34(13-11-33)37-27-15-26-28(21-5-3-2-4-20(21)27)18(16-30)17-35(26)29(36)25-14-22-19-8-9-31-23(19)6-7-24(22)32-25/h2-7,14-15,18,31-32H,8-13,16-17H2,1H3/t18-/m1/s1. The second-order valence-electron chi connectivity index (χ2n) is 10.4. The summed E-state index contributed by atoms with van der Waals surface area (Å²) in [6.07, 6.45) is 0.981. The molecule has 0 unspecified atom stereocenters. The van der Waals surface area contributed by atoms with Crippen molar-refractivity contribution in [2.24, 2.45) is 0 Å². The van der Waals surface area contributed by atoms with Gasteiger partial charge in [0.2, 0.25) is 0 Å². The van der Waals surface area contributed by atoms with Crippen LogP contribution in [0, 0.1) is 0 Å². The number of hydrogen-bond acceptors (Lipinski definition) is 5. The zero-order valence-corrected chi connectivity index (χ0v) is 22.5. The van der Waals surface area contributed by atoms with Gasteiger partial charge in [-0.1, -0.05) is 40.2 Å². The minimum atomic E-state index is 0.00133. The third-order valence-electron chi connectivity index (χ3n) is 8.09. The average molecular weight is 560 g/mol. The minimum Gasteiger partial charge on any atom is -0.405 e. The van der Waals surface area contributed by atoms with Gasteiger partial charge < -0.3 is 24.9 Å². The number of halogens is 1. The first-order chi connectivity index (χ1) is 18.1.